The Bertz CT molecular complexity index is 531. The van der Waals surface area contributed by atoms with Gasteiger partial charge in [-0.25, -0.2) is 9.78 Å². The van der Waals surface area contributed by atoms with Crippen LogP contribution in [0.2, 0.25) is 0 Å². The zero-order chi connectivity index (χ0) is 13.6. The summed E-state index contributed by atoms with van der Waals surface area (Å²) in [5.74, 6) is 0.710. The highest BCUT2D eigenvalue weighted by atomic mass is 16.2. The number of hydrogen-bond donors (Lipinski definition) is 0. The predicted octanol–water partition coefficient (Wildman–Crippen LogP) is 1.88. The maximum atomic E-state index is 12.3. The molecular formula is C14H17N3O2. The summed E-state index contributed by atoms with van der Waals surface area (Å²) in [6, 6.07) is 3.63. The van der Waals surface area contributed by atoms with E-state index in [2.05, 4.69) is 4.98 Å². The summed E-state index contributed by atoms with van der Waals surface area (Å²) < 4.78 is 0. The maximum absolute atomic E-state index is 12.3. The third kappa shape index (κ3) is 2.20. The quantitative estimate of drug-likeness (QED) is 0.814. The first kappa shape index (κ1) is 12.1. The highest BCUT2D eigenvalue weighted by molar-refractivity contribution is 6.05. The molecule has 1 saturated heterocycles. The molecule has 2 aliphatic rings. The van der Waals surface area contributed by atoms with E-state index in [1.165, 1.54) is 4.90 Å². The fourth-order valence-electron chi connectivity index (χ4n) is 2.46. The average molecular weight is 259 g/mol. The number of hydrogen-bond acceptors (Lipinski definition) is 3. The second-order valence-electron chi connectivity index (χ2n) is 5.34. The molecule has 3 rings (SSSR count). The van der Waals surface area contributed by atoms with Crippen LogP contribution in [0.15, 0.2) is 12.1 Å². The van der Waals surface area contributed by atoms with Gasteiger partial charge in [-0.1, -0.05) is 0 Å². The number of pyridine rings is 1. The Labute approximate surface area is 112 Å². The number of amides is 3. The second-order valence-corrected chi connectivity index (χ2v) is 5.34. The molecule has 2 fully saturated rings. The number of anilines is 1. The zero-order valence-electron chi connectivity index (χ0n) is 11.2. The minimum absolute atomic E-state index is 0.0168. The molecule has 1 aliphatic heterocycles. The molecule has 0 radical (unpaired) electrons. The van der Waals surface area contributed by atoms with Gasteiger partial charge in [-0.15, -0.1) is 0 Å². The van der Waals surface area contributed by atoms with Crippen molar-refractivity contribution in [3.63, 3.8) is 0 Å². The van der Waals surface area contributed by atoms with Gasteiger partial charge in [0.2, 0.25) is 5.91 Å². The van der Waals surface area contributed by atoms with Gasteiger partial charge < -0.3 is 0 Å². The Balaban J connectivity index is 1.82. The van der Waals surface area contributed by atoms with Gasteiger partial charge in [0, 0.05) is 24.7 Å². The summed E-state index contributed by atoms with van der Waals surface area (Å²) in [4.78, 5) is 31.6. The molecule has 3 amide bonds. The third-order valence-corrected chi connectivity index (χ3v) is 3.56. The van der Waals surface area contributed by atoms with Gasteiger partial charge in [0.15, 0.2) is 0 Å². The summed E-state index contributed by atoms with van der Waals surface area (Å²) in [7, 11) is 0. The Morgan fingerprint density at radius 2 is 2.00 bits per heavy atom. The largest absolute Gasteiger partial charge is 0.332 e. The van der Waals surface area contributed by atoms with Gasteiger partial charge in [-0.05, 0) is 44.4 Å². The standard InChI is InChI=1S/C14H17N3O2/c1-9-7-10(2)15-12(8-9)16-5-6-17(14(16)19)13(18)11-3-4-11/h7-8,11H,3-6H2,1-2H3. The van der Waals surface area contributed by atoms with Crippen molar-refractivity contribution < 1.29 is 9.59 Å². The maximum Gasteiger partial charge on any atom is 0.332 e. The van der Waals surface area contributed by atoms with Crippen LogP contribution in [0.3, 0.4) is 0 Å². The molecule has 0 spiro atoms. The highest BCUT2D eigenvalue weighted by Crippen LogP contribution is 2.32. The van der Waals surface area contributed by atoms with E-state index in [0.717, 1.165) is 24.1 Å². The molecule has 5 heteroatoms. The van der Waals surface area contributed by atoms with E-state index < -0.39 is 0 Å². The van der Waals surface area contributed by atoms with Crippen LogP contribution in [0, 0.1) is 19.8 Å². The fourth-order valence-corrected chi connectivity index (χ4v) is 2.46. The average Bonchev–Trinajstić information content (AvgIpc) is 3.11. The topological polar surface area (TPSA) is 53.5 Å². The van der Waals surface area contributed by atoms with Crippen LogP contribution >= 0.6 is 0 Å². The van der Waals surface area contributed by atoms with E-state index in [9.17, 15) is 9.59 Å². The minimum Gasteiger partial charge on any atom is -0.276 e. The number of carbonyl (C=O) groups is 2. The van der Waals surface area contributed by atoms with Crippen molar-refractivity contribution in [2.45, 2.75) is 26.7 Å². The molecule has 1 aromatic heterocycles. The van der Waals surface area contributed by atoms with Gasteiger partial charge in [-0.2, -0.15) is 0 Å². The SMILES string of the molecule is Cc1cc(C)nc(N2CCN(C(=O)C3CC3)C2=O)c1. The molecule has 0 N–H and O–H groups in total. The molecular weight excluding hydrogens is 242 g/mol. The number of aromatic nitrogens is 1. The molecule has 0 unspecified atom stereocenters. The van der Waals surface area contributed by atoms with Gasteiger partial charge in [0.05, 0.1) is 0 Å². The van der Waals surface area contributed by atoms with Crippen molar-refractivity contribution in [1.29, 1.82) is 0 Å². The van der Waals surface area contributed by atoms with Crippen LogP contribution in [0.25, 0.3) is 0 Å². The molecule has 5 nitrogen and oxygen atoms in total. The Kier molecular flexibility index (Phi) is 2.77. The normalized spacial score (nSPS) is 19.2. The molecule has 19 heavy (non-hydrogen) atoms. The van der Waals surface area contributed by atoms with E-state index in [1.54, 1.807) is 4.90 Å². The van der Waals surface area contributed by atoms with Gasteiger partial charge >= 0.3 is 6.03 Å². The Morgan fingerprint density at radius 3 is 2.63 bits per heavy atom. The molecule has 1 saturated carbocycles. The van der Waals surface area contributed by atoms with Crippen LogP contribution in [-0.4, -0.2) is 34.9 Å². The lowest BCUT2D eigenvalue weighted by Gasteiger charge is -2.17. The van der Waals surface area contributed by atoms with Gasteiger partial charge in [0.25, 0.3) is 0 Å². The molecule has 0 aromatic carbocycles. The molecule has 2 heterocycles. The predicted molar refractivity (Wildman–Crippen MR) is 70.9 cm³/mol. The first-order valence-electron chi connectivity index (χ1n) is 6.64. The summed E-state index contributed by atoms with van der Waals surface area (Å²) in [5, 5.41) is 0. The number of imide groups is 1. The third-order valence-electron chi connectivity index (χ3n) is 3.56. The van der Waals surface area contributed by atoms with E-state index >= 15 is 0 Å². The molecule has 1 aromatic rings. The monoisotopic (exact) mass is 259 g/mol. The number of urea groups is 1. The Hall–Kier alpha value is -1.91. The molecule has 0 atom stereocenters. The first-order chi connectivity index (χ1) is 9.06. The summed E-state index contributed by atoms with van der Waals surface area (Å²) in [6.45, 7) is 4.89. The lowest BCUT2D eigenvalue weighted by atomic mass is 10.2. The van der Waals surface area contributed by atoms with Gasteiger partial charge in [-0.3, -0.25) is 14.6 Å². The molecule has 0 bridgehead atoms. The number of carbonyl (C=O) groups excluding carboxylic acids is 2. The summed E-state index contributed by atoms with van der Waals surface area (Å²) >= 11 is 0. The minimum atomic E-state index is -0.227. The fraction of sp³-hybridized carbons (Fsp3) is 0.500. The number of aryl methyl sites for hydroxylation is 2. The number of rotatable bonds is 2. The smallest absolute Gasteiger partial charge is 0.276 e. The van der Waals surface area contributed by atoms with Crippen molar-refractivity contribution in [1.82, 2.24) is 9.88 Å². The number of nitrogens with zero attached hydrogens (tertiary/aromatic N) is 3. The van der Waals surface area contributed by atoms with E-state index in [0.29, 0.717) is 18.9 Å². The van der Waals surface area contributed by atoms with Crippen LogP contribution in [-0.2, 0) is 4.79 Å². The van der Waals surface area contributed by atoms with Crippen LogP contribution in [0.4, 0.5) is 10.6 Å². The lowest BCUT2D eigenvalue weighted by Crippen LogP contribution is -2.37. The second kappa shape index (κ2) is 4.33. The Morgan fingerprint density at radius 1 is 1.26 bits per heavy atom. The van der Waals surface area contributed by atoms with Crippen LogP contribution < -0.4 is 4.90 Å². The zero-order valence-corrected chi connectivity index (χ0v) is 11.2. The summed E-state index contributed by atoms with van der Waals surface area (Å²) in [6.07, 6.45) is 1.84. The van der Waals surface area contributed by atoms with Crippen molar-refractivity contribution in [2.24, 2.45) is 5.92 Å². The van der Waals surface area contributed by atoms with Crippen molar-refractivity contribution in [3.05, 3.63) is 23.4 Å². The van der Waals surface area contributed by atoms with Crippen molar-refractivity contribution in [3.8, 4) is 0 Å². The van der Waals surface area contributed by atoms with Crippen molar-refractivity contribution in [2.75, 3.05) is 18.0 Å². The first-order valence-corrected chi connectivity index (χ1v) is 6.64. The molecule has 100 valence electrons. The van der Waals surface area contributed by atoms with Crippen LogP contribution in [0.5, 0.6) is 0 Å². The van der Waals surface area contributed by atoms with Gasteiger partial charge in [0.1, 0.15) is 5.82 Å². The molecule has 1 aliphatic carbocycles. The van der Waals surface area contributed by atoms with E-state index in [-0.39, 0.29) is 17.9 Å². The highest BCUT2D eigenvalue weighted by Gasteiger charge is 2.41. The summed E-state index contributed by atoms with van der Waals surface area (Å²) in [5.41, 5.74) is 1.96. The van der Waals surface area contributed by atoms with E-state index in [4.69, 9.17) is 0 Å². The van der Waals surface area contributed by atoms with Crippen molar-refractivity contribution >= 4 is 17.8 Å². The van der Waals surface area contributed by atoms with E-state index in [1.807, 2.05) is 26.0 Å². The lowest BCUT2D eigenvalue weighted by molar-refractivity contribution is -0.128. The van der Waals surface area contributed by atoms with Crippen LogP contribution in [0.1, 0.15) is 24.1 Å².